The first-order valence-electron chi connectivity index (χ1n) is 6.67. The molecule has 1 aliphatic heterocycles. The van der Waals surface area contributed by atoms with Gasteiger partial charge in [0, 0.05) is 24.0 Å². The highest BCUT2D eigenvalue weighted by atomic mass is 16.7. The Morgan fingerprint density at radius 2 is 2.05 bits per heavy atom. The van der Waals surface area contributed by atoms with Gasteiger partial charge in [0.05, 0.1) is 19.8 Å². The van der Waals surface area contributed by atoms with Gasteiger partial charge in [-0.05, 0) is 12.1 Å². The second-order valence-corrected chi connectivity index (χ2v) is 5.18. The van der Waals surface area contributed by atoms with Crippen molar-refractivity contribution in [1.29, 1.82) is 0 Å². The van der Waals surface area contributed by atoms with E-state index in [9.17, 15) is 5.11 Å². The lowest BCUT2D eigenvalue weighted by atomic mass is 9.93. The van der Waals surface area contributed by atoms with E-state index in [-0.39, 0.29) is 30.8 Å². The fraction of sp³-hybridized carbons (Fsp3) is 0.600. The molecule has 1 aromatic carbocycles. The number of ether oxygens (including phenoxy) is 3. The number of hydrogen-bond acceptors (Lipinski definition) is 4. The molecule has 0 saturated carbocycles. The minimum Gasteiger partial charge on any atom is -0.497 e. The van der Waals surface area contributed by atoms with E-state index >= 15 is 0 Å². The second kappa shape index (κ2) is 6.37. The normalized spacial score (nSPS) is 28.9. The van der Waals surface area contributed by atoms with Crippen LogP contribution in [0.1, 0.15) is 25.7 Å². The summed E-state index contributed by atoms with van der Waals surface area (Å²) in [5, 5.41) is 9.29. The molecule has 0 bridgehead atoms. The first-order valence-corrected chi connectivity index (χ1v) is 6.67. The first kappa shape index (κ1) is 14.3. The summed E-state index contributed by atoms with van der Waals surface area (Å²) in [5.41, 5.74) is 0.975. The van der Waals surface area contributed by atoms with Gasteiger partial charge in [-0.25, -0.2) is 0 Å². The lowest BCUT2D eigenvalue weighted by Crippen LogP contribution is -2.40. The molecule has 4 heteroatoms. The van der Waals surface area contributed by atoms with Crippen molar-refractivity contribution in [3.8, 4) is 5.75 Å². The molecule has 0 aromatic heterocycles. The lowest BCUT2D eigenvalue weighted by Gasteiger charge is -2.37. The summed E-state index contributed by atoms with van der Waals surface area (Å²) >= 11 is 0. The third kappa shape index (κ3) is 3.26. The molecule has 0 amide bonds. The van der Waals surface area contributed by atoms with Gasteiger partial charge in [0.15, 0.2) is 6.29 Å². The monoisotopic (exact) mass is 266 g/mol. The maximum Gasteiger partial charge on any atom is 0.184 e. The quantitative estimate of drug-likeness (QED) is 0.909. The second-order valence-electron chi connectivity index (χ2n) is 5.18. The van der Waals surface area contributed by atoms with Crippen LogP contribution in [0.2, 0.25) is 0 Å². The first-order chi connectivity index (χ1) is 9.15. The zero-order valence-corrected chi connectivity index (χ0v) is 11.7. The molecule has 1 aliphatic rings. The van der Waals surface area contributed by atoms with Gasteiger partial charge < -0.3 is 19.3 Å². The van der Waals surface area contributed by atoms with Crippen LogP contribution in [0, 0.1) is 11.8 Å². The van der Waals surface area contributed by atoms with Crippen LogP contribution in [0.15, 0.2) is 24.3 Å². The molecule has 4 nitrogen and oxygen atoms in total. The summed E-state index contributed by atoms with van der Waals surface area (Å²) in [6.45, 7) is 4.86. The third-order valence-corrected chi connectivity index (χ3v) is 3.59. The highest BCUT2D eigenvalue weighted by Crippen LogP contribution is 2.32. The van der Waals surface area contributed by atoms with Crippen molar-refractivity contribution in [2.75, 3.05) is 20.3 Å². The highest BCUT2D eigenvalue weighted by Gasteiger charge is 2.33. The summed E-state index contributed by atoms with van der Waals surface area (Å²) < 4.78 is 16.9. The molecule has 1 saturated heterocycles. The van der Waals surface area contributed by atoms with Crippen LogP contribution >= 0.6 is 0 Å². The Hall–Kier alpha value is -1.10. The van der Waals surface area contributed by atoms with E-state index in [2.05, 4.69) is 6.92 Å². The predicted octanol–water partition coefficient (Wildman–Crippen LogP) is 2.37. The molecule has 1 fully saturated rings. The maximum absolute atomic E-state index is 9.29. The summed E-state index contributed by atoms with van der Waals surface area (Å²) in [4.78, 5) is 0. The minimum absolute atomic E-state index is 0.0193. The largest absolute Gasteiger partial charge is 0.497 e. The number of rotatable bonds is 4. The molecule has 0 aliphatic carbocycles. The average molecular weight is 266 g/mol. The topological polar surface area (TPSA) is 47.9 Å². The molecule has 1 heterocycles. The van der Waals surface area contributed by atoms with E-state index in [0.717, 1.165) is 11.3 Å². The van der Waals surface area contributed by atoms with E-state index in [1.807, 2.05) is 31.2 Å². The Morgan fingerprint density at radius 3 is 2.63 bits per heavy atom. The van der Waals surface area contributed by atoms with Gasteiger partial charge in [0.1, 0.15) is 5.75 Å². The number of hydrogen-bond donors (Lipinski definition) is 1. The molecule has 106 valence electrons. The van der Waals surface area contributed by atoms with Crippen molar-refractivity contribution >= 4 is 0 Å². The van der Waals surface area contributed by atoms with Crippen molar-refractivity contribution < 1.29 is 19.3 Å². The van der Waals surface area contributed by atoms with Crippen LogP contribution in [-0.2, 0) is 9.47 Å². The molecule has 0 radical (unpaired) electrons. The number of aliphatic hydroxyl groups is 1. The number of benzene rings is 1. The van der Waals surface area contributed by atoms with Crippen LogP contribution in [-0.4, -0.2) is 31.5 Å². The van der Waals surface area contributed by atoms with Gasteiger partial charge in [0.2, 0.25) is 0 Å². The summed E-state index contributed by atoms with van der Waals surface area (Å²) in [7, 11) is 1.64. The Balaban J connectivity index is 2.08. The van der Waals surface area contributed by atoms with Crippen molar-refractivity contribution in [3.63, 3.8) is 0 Å². The number of methoxy groups -OCH3 is 1. The standard InChI is InChI=1S/C15H22O4/c1-10(8-16)14-11(2)9-18-15(19-14)12-4-6-13(17-3)7-5-12/h4-7,10-11,14-16H,8-9H2,1-3H3/t10-,11-,14+,15-/m0/s1. The predicted molar refractivity (Wildman–Crippen MR) is 72.0 cm³/mol. The molecule has 0 spiro atoms. The van der Waals surface area contributed by atoms with Crippen molar-refractivity contribution in [3.05, 3.63) is 29.8 Å². The zero-order valence-electron chi connectivity index (χ0n) is 11.7. The van der Waals surface area contributed by atoms with Crippen molar-refractivity contribution in [1.82, 2.24) is 0 Å². The summed E-state index contributed by atoms with van der Waals surface area (Å²) in [6.07, 6.45) is -0.341. The minimum atomic E-state index is -0.360. The Bertz CT molecular complexity index is 386. The maximum atomic E-state index is 9.29. The SMILES string of the molecule is COc1ccc([C@H]2OC[C@H](C)[C@@H]([C@@H](C)CO)O2)cc1. The zero-order chi connectivity index (χ0) is 13.8. The van der Waals surface area contributed by atoms with E-state index in [0.29, 0.717) is 6.61 Å². The molecule has 1 aromatic rings. The third-order valence-electron chi connectivity index (χ3n) is 3.59. The van der Waals surface area contributed by atoms with Gasteiger partial charge in [-0.1, -0.05) is 26.0 Å². The van der Waals surface area contributed by atoms with Crippen LogP contribution < -0.4 is 4.74 Å². The van der Waals surface area contributed by atoms with Crippen LogP contribution in [0.4, 0.5) is 0 Å². The molecule has 4 atom stereocenters. The van der Waals surface area contributed by atoms with E-state index in [4.69, 9.17) is 14.2 Å². The van der Waals surface area contributed by atoms with E-state index < -0.39 is 0 Å². The molecule has 19 heavy (non-hydrogen) atoms. The summed E-state index contributed by atoms with van der Waals surface area (Å²) in [5.74, 6) is 1.21. The van der Waals surface area contributed by atoms with Gasteiger partial charge >= 0.3 is 0 Å². The number of aliphatic hydroxyl groups excluding tert-OH is 1. The summed E-state index contributed by atoms with van der Waals surface area (Å²) in [6, 6.07) is 7.68. The molecule has 2 rings (SSSR count). The lowest BCUT2D eigenvalue weighted by molar-refractivity contribution is -0.251. The van der Waals surface area contributed by atoms with E-state index in [1.54, 1.807) is 7.11 Å². The van der Waals surface area contributed by atoms with Crippen LogP contribution in [0.25, 0.3) is 0 Å². The van der Waals surface area contributed by atoms with Crippen molar-refractivity contribution in [2.45, 2.75) is 26.2 Å². The van der Waals surface area contributed by atoms with Crippen LogP contribution in [0.3, 0.4) is 0 Å². The highest BCUT2D eigenvalue weighted by molar-refractivity contribution is 5.28. The van der Waals surface area contributed by atoms with Crippen LogP contribution in [0.5, 0.6) is 5.75 Å². The molecule has 0 unspecified atom stereocenters. The Morgan fingerprint density at radius 1 is 1.37 bits per heavy atom. The van der Waals surface area contributed by atoms with Crippen molar-refractivity contribution in [2.24, 2.45) is 11.8 Å². The average Bonchev–Trinajstić information content (AvgIpc) is 2.47. The fourth-order valence-corrected chi connectivity index (χ4v) is 2.38. The molecular weight excluding hydrogens is 244 g/mol. The van der Waals surface area contributed by atoms with Gasteiger partial charge in [-0.2, -0.15) is 0 Å². The fourth-order valence-electron chi connectivity index (χ4n) is 2.38. The van der Waals surface area contributed by atoms with E-state index in [1.165, 1.54) is 0 Å². The van der Waals surface area contributed by atoms with Gasteiger partial charge in [-0.3, -0.25) is 0 Å². The Labute approximate surface area is 114 Å². The Kier molecular flexibility index (Phi) is 4.80. The molecule has 1 N–H and O–H groups in total. The van der Waals surface area contributed by atoms with Gasteiger partial charge in [0.25, 0.3) is 0 Å². The van der Waals surface area contributed by atoms with Gasteiger partial charge in [-0.15, -0.1) is 0 Å². The molecular formula is C15H22O4. The smallest absolute Gasteiger partial charge is 0.184 e.